The van der Waals surface area contributed by atoms with Crippen LogP contribution in [0.15, 0.2) is 24.3 Å². The van der Waals surface area contributed by atoms with Crippen molar-refractivity contribution in [3.8, 4) is 5.75 Å². The van der Waals surface area contributed by atoms with Crippen LogP contribution in [-0.4, -0.2) is 41.5 Å². The number of ether oxygens (including phenoxy) is 1. The highest BCUT2D eigenvalue weighted by Crippen LogP contribution is 2.43. The molecule has 2 saturated heterocycles. The van der Waals surface area contributed by atoms with E-state index in [1.165, 1.54) is 29.9 Å². The number of rotatable bonds is 4. The van der Waals surface area contributed by atoms with E-state index < -0.39 is 0 Å². The van der Waals surface area contributed by atoms with Crippen LogP contribution in [0.3, 0.4) is 0 Å². The lowest BCUT2D eigenvalue weighted by Gasteiger charge is -2.33. The zero-order valence-corrected chi connectivity index (χ0v) is 15.3. The van der Waals surface area contributed by atoms with Gasteiger partial charge in [-0.1, -0.05) is 12.1 Å². The Hall–Kier alpha value is -0.810. The third kappa shape index (κ3) is 4.60. The van der Waals surface area contributed by atoms with Crippen LogP contribution in [-0.2, 0) is 4.79 Å². The van der Waals surface area contributed by atoms with Gasteiger partial charge in [0.25, 0.3) is 5.91 Å². The van der Waals surface area contributed by atoms with Gasteiger partial charge in [0.1, 0.15) is 5.75 Å². The number of amides is 1. The number of benzene rings is 1. The molecule has 0 radical (unpaired) electrons. The Bertz CT molecular complexity index is 514. The van der Waals surface area contributed by atoms with Gasteiger partial charge < -0.3 is 9.64 Å². The quantitative estimate of drug-likeness (QED) is 0.807. The highest BCUT2D eigenvalue weighted by atomic mass is 32.2. The summed E-state index contributed by atoms with van der Waals surface area (Å²) in [5.41, 5.74) is 1.35. The maximum absolute atomic E-state index is 12.3. The van der Waals surface area contributed by atoms with Crippen molar-refractivity contribution in [3.63, 3.8) is 0 Å². The molecule has 0 N–H and O–H groups in total. The van der Waals surface area contributed by atoms with Crippen LogP contribution in [0.4, 0.5) is 0 Å². The molecule has 2 heterocycles. The predicted octanol–water partition coefficient (Wildman–Crippen LogP) is 4.34. The monoisotopic (exact) mass is 351 g/mol. The zero-order chi connectivity index (χ0) is 16.1. The minimum absolute atomic E-state index is 0.111. The molecule has 2 aliphatic rings. The molecule has 2 aliphatic heterocycles. The van der Waals surface area contributed by atoms with Crippen molar-refractivity contribution in [2.75, 3.05) is 24.7 Å². The third-order valence-corrected chi connectivity index (χ3v) is 7.48. The van der Waals surface area contributed by atoms with Crippen LogP contribution in [0, 0.1) is 0 Å². The minimum atomic E-state index is 0.111. The Morgan fingerprint density at radius 2 is 1.91 bits per heavy atom. The van der Waals surface area contributed by atoms with Gasteiger partial charge in [-0.05, 0) is 61.8 Å². The fraction of sp³-hybridized carbons (Fsp3) is 0.611. The summed E-state index contributed by atoms with van der Waals surface area (Å²) in [5, 5.41) is 0. The fourth-order valence-electron chi connectivity index (χ4n) is 3.10. The molecule has 0 spiro atoms. The van der Waals surface area contributed by atoms with Crippen LogP contribution in [0.2, 0.25) is 0 Å². The lowest BCUT2D eigenvalue weighted by molar-refractivity contribution is -0.136. The van der Waals surface area contributed by atoms with Gasteiger partial charge in [-0.2, -0.15) is 0 Å². The summed E-state index contributed by atoms with van der Waals surface area (Å²) in [6.45, 7) is 3.15. The van der Waals surface area contributed by atoms with E-state index in [-0.39, 0.29) is 12.5 Å². The van der Waals surface area contributed by atoms with Gasteiger partial charge in [0, 0.05) is 12.6 Å². The van der Waals surface area contributed by atoms with Gasteiger partial charge in [0.2, 0.25) is 0 Å². The molecule has 0 bridgehead atoms. The highest BCUT2D eigenvalue weighted by molar-refractivity contribution is 8.16. The Balaban J connectivity index is 1.51. The van der Waals surface area contributed by atoms with E-state index in [0.717, 1.165) is 25.1 Å². The normalized spacial score (nSPS) is 22.8. The molecule has 3 rings (SSSR count). The molecule has 1 unspecified atom stereocenters. The molecule has 3 nitrogen and oxygen atoms in total. The molecule has 0 saturated carbocycles. The number of likely N-dealkylation sites (tertiary alicyclic amines) is 1. The van der Waals surface area contributed by atoms with E-state index in [0.29, 0.717) is 10.6 Å². The first-order valence-corrected chi connectivity index (χ1v) is 10.6. The van der Waals surface area contributed by atoms with Crippen LogP contribution in [0.1, 0.15) is 42.8 Å². The summed E-state index contributed by atoms with van der Waals surface area (Å²) in [6, 6.07) is 8.62. The minimum Gasteiger partial charge on any atom is -0.484 e. The maximum Gasteiger partial charge on any atom is 0.260 e. The smallest absolute Gasteiger partial charge is 0.260 e. The van der Waals surface area contributed by atoms with Gasteiger partial charge >= 0.3 is 0 Å². The molecule has 1 atom stereocenters. The van der Waals surface area contributed by atoms with Crippen molar-refractivity contribution in [1.82, 2.24) is 4.90 Å². The number of carbonyl (C=O) groups excluding carboxylic acids is 1. The summed E-state index contributed by atoms with van der Waals surface area (Å²) in [4.78, 5) is 14.3. The van der Waals surface area contributed by atoms with E-state index in [9.17, 15) is 4.79 Å². The van der Waals surface area contributed by atoms with Crippen molar-refractivity contribution in [2.45, 2.75) is 43.2 Å². The lowest BCUT2D eigenvalue weighted by Crippen LogP contribution is -2.44. The standard InChI is InChI=1S/C18H25NO2S2/c1-14-5-2-3-10-19(14)17(20)13-21-16-8-6-15(7-9-16)18-22-11-4-12-23-18/h6-9,14,18H,2-5,10-13H2,1H3. The van der Waals surface area contributed by atoms with E-state index in [4.69, 9.17) is 4.74 Å². The maximum atomic E-state index is 12.3. The van der Waals surface area contributed by atoms with Gasteiger partial charge in [-0.3, -0.25) is 4.79 Å². The van der Waals surface area contributed by atoms with E-state index in [1.807, 2.05) is 40.6 Å². The van der Waals surface area contributed by atoms with Crippen molar-refractivity contribution in [3.05, 3.63) is 29.8 Å². The third-order valence-electron chi connectivity index (χ3n) is 4.47. The van der Waals surface area contributed by atoms with Crippen molar-refractivity contribution >= 4 is 29.4 Å². The van der Waals surface area contributed by atoms with Gasteiger partial charge in [-0.25, -0.2) is 0 Å². The molecule has 1 aromatic rings. The molecular weight excluding hydrogens is 326 g/mol. The second kappa shape index (κ2) is 8.34. The van der Waals surface area contributed by atoms with Crippen LogP contribution in [0.5, 0.6) is 5.75 Å². The molecule has 1 amide bonds. The number of hydrogen-bond acceptors (Lipinski definition) is 4. The second-order valence-corrected chi connectivity index (χ2v) is 8.94. The molecule has 2 fully saturated rings. The first-order chi connectivity index (χ1) is 11.2. The molecule has 126 valence electrons. The summed E-state index contributed by atoms with van der Waals surface area (Å²) in [5.74, 6) is 3.40. The largest absolute Gasteiger partial charge is 0.484 e. The topological polar surface area (TPSA) is 29.5 Å². The lowest BCUT2D eigenvalue weighted by atomic mass is 10.0. The fourth-order valence-corrected chi connectivity index (χ4v) is 5.99. The van der Waals surface area contributed by atoms with Gasteiger partial charge in [-0.15, -0.1) is 23.5 Å². The molecule has 0 aromatic heterocycles. The summed E-state index contributed by atoms with van der Waals surface area (Å²) < 4.78 is 6.26. The highest BCUT2D eigenvalue weighted by Gasteiger charge is 2.23. The first kappa shape index (κ1) is 17.0. The average molecular weight is 352 g/mol. The van der Waals surface area contributed by atoms with Crippen molar-refractivity contribution in [1.29, 1.82) is 0 Å². The van der Waals surface area contributed by atoms with Crippen molar-refractivity contribution < 1.29 is 9.53 Å². The molecule has 5 heteroatoms. The number of carbonyl (C=O) groups is 1. The number of piperidine rings is 1. The van der Waals surface area contributed by atoms with E-state index >= 15 is 0 Å². The molecular formula is C18H25NO2S2. The Labute approximate surface area is 147 Å². The molecule has 1 aromatic carbocycles. The zero-order valence-electron chi connectivity index (χ0n) is 13.7. The number of hydrogen-bond donors (Lipinski definition) is 0. The summed E-state index contributed by atoms with van der Waals surface area (Å²) in [6.07, 6.45) is 4.76. The number of thioether (sulfide) groups is 2. The molecule has 23 heavy (non-hydrogen) atoms. The van der Waals surface area contributed by atoms with Crippen molar-refractivity contribution in [2.24, 2.45) is 0 Å². The first-order valence-electron chi connectivity index (χ1n) is 8.49. The summed E-state index contributed by atoms with van der Waals surface area (Å²) in [7, 11) is 0. The van der Waals surface area contributed by atoms with Gasteiger partial charge in [0.05, 0.1) is 4.58 Å². The Morgan fingerprint density at radius 1 is 1.17 bits per heavy atom. The van der Waals surface area contributed by atoms with E-state index in [1.54, 1.807) is 0 Å². The average Bonchev–Trinajstić information content (AvgIpc) is 2.61. The van der Waals surface area contributed by atoms with Crippen LogP contribution in [0.25, 0.3) is 0 Å². The van der Waals surface area contributed by atoms with Gasteiger partial charge in [0.15, 0.2) is 6.61 Å². The molecule has 0 aliphatic carbocycles. The Kier molecular flexibility index (Phi) is 6.17. The summed E-state index contributed by atoms with van der Waals surface area (Å²) >= 11 is 4.04. The van der Waals surface area contributed by atoms with E-state index in [2.05, 4.69) is 19.1 Å². The van der Waals surface area contributed by atoms with Crippen LogP contribution >= 0.6 is 23.5 Å². The predicted molar refractivity (Wildman–Crippen MR) is 99.2 cm³/mol. The SMILES string of the molecule is CC1CCCCN1C(=O)COc1ccc(C2SCCCS2)cc1. The second-order valence-electron chi connectivity index (χ2n) is 6.22. The number of nitrogens with zero attached hydrogens (tertiary/aromatic N) is 1. The Morgan fingerprint density at radius 3 is 2.61 bits per heavy atom. The van der Waals surface area contributed by atoms with Crippen LogP contribution < -0.4 is 4.74 Å².